The lowest BCUT2D eigenvalue weighted by atomic mass is 9.72. The third-order valence-corrected chi connectivity index (χ3v) is 6.80. The van der Waals surface area contributed by atoms with E-state index in [9.17, 15) is 4.79 Å². The van der Waals surface area contributed by atoms with Crippen molar-refractivity contribution in [2.75, 3.05) is 33.4 Å². The fourth-order valence-electron chi connectivity index (χ4n) is 4.85. The minimum Gasteiger partial charge on any atom is -0.497 e. The second-order valence-electron chi connectivity index (χ2n) is 8.75. The number of likely N-dealkylation sites (tertiary alicyclic amines) is 1. The molecule has 2 aliphatic heterocycles. The molecule has 32 heavy (non-hydrogen) atoms. The summed E-state index contributed by atoms with van der Waals surface area (Å²) in [5.74, 6) is 1.85. The zero-order chi connectivity index (χ0) is 22.1. The van der Waals surface area contributed by atoms with Gasteiger partial charge in [0.05, 0.1) is 13.0 Å². The second kappa shape index (κ2) is 8.39. The fourth-order valence-corrected chi connectivity index (χ4v) is 4.85. The van der Waals surface area contributed by atoms with Crippen LogP contribution in [0.25, 0.3) is 11.5 Å². The third-order valence-electron chi connectivity index (χ3n) is 6.80. The maximum absolute atomic E-state index is 13.3. The van der Waals surface area contributed by atoms with E-state index in [0.29, 0.717) is 43.6 Å². The van der Waals surface area contributed by atoms with Crippen molar-refractivity contribution in [3.05, 3.63) is 65.5 Å². The first-order chi connectivity index (χ1) is 15.6. The van der Waals surface area contributed by atoms with E-state index in [1.165, 1.54) is 5.56 Å². The Kier molecular flexibility index (Phi) is 5.43. The highest BCUT2D eigenvalue weighted by molar-refractivity contribution is 5.94. The van der Waals surface area contributed by atoms with Gasteiger partial charge in [-0.1, -0.05) is 17.7 Å². The lowest BCUT2D eigenvalue weighted by Gasteiger charge is -2.36. The number of aromatic nitrogens is 2. The Hall–Kier alpha value is -3.19. The summed E-state index contributed by atoms with van der Waals surface area (Å²) in [6, 6.07) is 15.3. The lowest BCUT2D eigenvalue weighted by Crippen LogP contribution is -2.37. The molecule has 0 radical (unpaired) electrons. The molecule has 0 N–H and O–H groups in total. The van der Waals surface area contributed by atoms with Crippen LogP contribution >= 0.6 is 0 Å². The summed E-state index contributed by atoms with van der Waals surface area (Å²) in [7, 11) is 1.62. The van der Waals surface area contributed by atoms with Crippen molar-refractivity contribution in [3.8, 4) is 17.2 Å². The van der Waals surface area contributed by atoms with E-state index < -0.39 is 0 Å². The Morgan fingerprint density at radius 2 is 1.78 bits per heavy atom. The van der Waals surface area contributed by atoms with Crippen LogP contribution in [0.1, 0.15) is 40.6 Å². The van der Waals surface area contributed by atoms with E-state index in [1.807, 2.05) is 60.4 Å². The first-order valence-electron chi connectivity index (χ1n) is 11.0. The van der Waals surface area contributed by atoms with E-state index >= 15 is 0 Å². The molecular weight excluding hydrogens is 406 g/mol. The molecule has 2 aromatic carbocycles. The highest BCUT2D eigenvalue weighted by Crippen LogP contribution is 2.49. The third kappa shape index (κ3) is 3.77. The quantitative estimate of drug-likeness (QED) is 0.617. The standard InChI is InChI=1S/C25H27N3O4/c1-17-3-5-18(6-4-17)22-26-27-23(32-22)21-15-28(16-25(21)11-13-31-14-12-25)24(29)19-7-9-20(30-2)10-8-19/h3-10,21H,11-16H2,1-2H3. The van der Waals surface area contributed by atoms with Gasteiger partial charge in [0.25, 0.3) is 5.91 Å². The molecule has 0 aliphatic carbocycles. The van der Waals surface area contributed by atoms with Gasteiger partial charge in [-0.3, -0.25) is 4.79 Å². The SMILES string of the molecule is COc1ccc(C(=O)N2CC(c3nnc(-c4ccc(C)cc4)o3)C3(CCOCC3)C2)cc1. The van der Waals surface area contributed by atoms with Crippen molar-refractivity contribution < 1.29 is 18.7 Å². The molecule has 1 unspecified atom stereocenters. The van der Waals surface area contributed by atoms with Crippen molar-refractivity contribution in [3.63, 3.8) is 0 Å². The minimum atomic E-state index is -0.114. The zero-order valence-corrected chi connectivity index (χ0v) is 18.4. The molecule has 166 valence electrons. The first-order valence-corrected chi connectivity index (χ1v) is 11.0. The van der Waals surface area contributed by atoms with Crippen LogP contribution in [-0.4, -0.2) is 54.4 Å². The van der Waals surface area contributed by atoms with E-state index in [1.54, 1.807) is 7.11 Å². The topological polar surface area (TPSA) is 77.7 Å². The van der Waals surface area contributed by atoms with Gasteiger partial charge >= 0.3 is 0 Å². The second-order valence-corrected chi connectivity index (χ2v) is 8.75. The predicted octanol–water partition coefficient (Wildman–Crippen LogP) is 4.09. The summed E-state index contributed by atoms with van der Waals surface area (Å²) in [4.78, 5) is 15.2. The number of nitrogens with zero attached hydrogens (tertiary/aromatic N) is 3. The summed E-state index contributed by atoms with van der Waals surface area (Å²) in [5, 5.41) is 8.74. The largest absolute Gasteiger partial charge is 0.497 e. The van der Waals surface area contributed by atoms with Gasteiger partial charge in [0, 0.05) is 42.8 Å². The maximum atomic E-state index is 13.3. The Balaban J connectivity index is 1.43. The summed E-state index contributed by atoms with van der Waals surface area (Å²) in [6.07, 6.45) is 1.73. The predicted molar refractivity (Wildman–Crippen MR) is 119 cm³/mol. The Bertz CT molecular complexity index is 1090. The van der Waals surface area contributed by atoms with Crippen LogP contribution in [0.4, 0.5) is 0 Å². The first kappa shape index (κ1) is 20.7. The molecule has 0 bridgehead atoms. The Morgan fingerprint density at radius 3 is 2.47 bits per heavy atom. The van der Waals surface area contributed by atoms with Gasteiger partial charge in [0.1, 0.15) is 5.75 Å². The molecule has 1 spiro atoms. The van der Waals surface area contributed by atoms with Crippen LogP contribution in [0.3, 0.4) is 0 Å². The van der Waals surface area contributed by atoms with Crippen LogP contribution in [0.15, 0.2) is 52.9 Å². The minimum absolute atomic E-state index is 0.0132. The molecular formula is C25H27N3O4. The van der Waals surface area contributed by atoms with Crippen LogP contribution in [0.5, 0.6) is 5.75 Å². The van der Waals surface area contributed by atoms with Crippen molar-refractivity contribution in [1.29, 1.82) is 0 Å². The number of carbonyl (C=O) groups excluding carboxylic acids is 1. The van der Waals surface area contributed by atoms with Crippen LogP contribution in [0, 0.1) is 12.3 Å². The van der Waals surface area contributed by atoms with Gasteiger partial charge in [0.2, 0.25) is 11.8 Å². The molecule has 2 fully saturated rings. The number of aryl methyl sites for hydroxylation is 1. The number of methoxy groups -OCH3 is 1. The molecule has 5 rings (SSSR count). The van der Waals surface area contributed by atoms with Crippen molar-refractivity contribution >= 4 is 5.91 Å². The molecule has 1 atom stereocenters. The number of benzene rings is 2. The average molecular weight is 434 g/mol. The van der Waals surface area contributed by atoms with E-state index in [4.69, 9.17) is 13.9 Å². The van der Waals surface area contributed by atoms with E-state index in [-0.39, 0.29) is 17.2 Å². The van der Waals surface area contributed by atoms with Gasteiger partial charge in [-0.25, -0.2) is 0 Å². The van der Waals surface area contributed by atoms with E-state index in [2.05, 4.69) is 10.2 Å². The lowest BCUT2D eigenvalue weighted by molar-refractivity contribution is 0.00908. The number of hydrogen-bond donors (Lipinski definition) is 0. The van der Waals surface area contributed by atoms with Gasteiger partial charge in [-0.15, -0.1) is 10.2 Å². The summed E-state index contributed by atoms with van der Waals surface area (Å²) in [5.41, 5.74) is 2.62. The fraction of sp³-hybridized carbons (Fsp3) is 0.400. The summed E-state index contributed by atoms with van der Waals surface area (Å²) >= 11 is 0. The van der Waals surface area contributed by atoms with Crippen molar-refractivity contribution in [2.24, 2.45) is 5.41 Å². The smallest absolute Gasteiger partial charge is 0.253 e. The molecule has 7 nitrogen and oxygen atoms in total. The number of hydrogen-bond acceptors (Lipinski definition) is 6. The molecule has 3 aromatic rings. The maximum Gasteiger partial charge on any atom is 0.253 e. The number of carbonyl (C=O) groups is 1. The molecule has 2 saturated heterocycles. The molecule has 1 aromatic heterocycles. The van der Waals surface area contributed by atoms with Gasteiger partial charge in [-0.2, -0.15) is 0 Å². The summed E-state index contributed by atoms with van der Waals surface area (Å²) < 4.78 is 17.0. The normalized spacial score (nSPS) is 19.9. The highest BCUT2D eigenvalue weighted by Gasteiger charge is 2.51. The zero-order valence-electron chi connectivity index (χ0n) is 18.4. The molecule has 1 amide bonds. The van der Waals surface area contributed by atoms with Gasteiger partial charge in [0.15, 0.2) is 0 Å². The van der Waals surface area contributed by atoms with Gasteiger partial charge in [-0.05, 0) is 56.2 Å². The molecule has 0 saturated carbocycles. The Labute approximate surface area is 187 Å². The van der Waals surface area contributed by atoms with Gasteiger partial charge < -0.3 is 18.8 Å². The average Bonchev–Trinajstić information content (AvgIpc) is 3.45. The number of rotatable bonds is 4. The monoisotopic (exact) mass is 433 g/mol. The van der Waals surface area contributed by atoms with Crippen LogP contribution in [0.2, 0.25) is 0 Å². The Morgan fingerprint density at radius 1 is 1.06 bits per heavy atom. The molecule has 2 aliphatic rings. The molecule has 3 heterocycles. The number of ether oxygens (including phenoxy) is 2. The van der Waals surface area contributed by atoms with Crippen molar-refractivity contribution in [2.45, 2.75) is 25.7 Å². The highest BCUT2D eigenvalue weighted by atomic mass is 16.5. The van der Waals surface area contributed by atoms with Crippen molar-refractivity contribution in [1.82, 2.24) is 15.1 Å². The molecule has 7 heteroatoms. The van der Waals surface area contributed by atoms with Crippen LogP contribution < -0.4 is 4.74 Å². The number of amides is 1. The van der Waals surface area contributed by atoms with Crippen LogP contribution in [-0.2, 0) is 4.74 Å². The summed E-state index contributed by atoms with van der Waals surface area (Å²) in [6.45, 7) is 4.62. The van der Waals surface area contributed by atoms with E-state index in [0.717, 1.165) is 24.2 Å².